The van der Waals surface area contributed by atoms with Gasteiger partial charge in [0.2, 0.25) is 5.91 Å². The number of amides is 2. The van der Waals surface area contributed by atoms with E-state index in [4.69, 9.17) is 5.73 Å². The van der Waals surface area contributed by atoms with E-state index in [0.29, 0.717) is 24.2 Å². The fourth-order valence-electron chi connectivity index (χ4n) is 3.04. The number of benzene rings is 1. The van der Waals surface area contributed by atoms with Crippen LogP contribution in [0.3, 0.4) is 0 Å². The van der Waals surface area contributed by atoms with Crippen molar-refractivity contribution in [2.75, 3.05) is 19.6 Å². The highest BCUT2D eigenvalue weighted by molar-refractivity contribution is 5.95. The summed E-state index contributed by atoms with van der Waals surface area (Å²) in [5, 5.41) is 13.9. The van der Waals surface area contributed by atoms with Crippen LogP contribution in [0.4, 0.5) is 5.69 Å². The van der Waals surface area contributed by atoms with Gasteiger partial charge >= 0.3 is 0 Å². The number of nitrogens with two attached hydrogens (primary N) is 1. The Labute approximate surface area is 146 Å². The summed E-state index contributed by atoms with van der Waals surface area (Å²) in [6.07, 6.45) is 2.91. The molecule has 25 heavy (non-hydrogen) atoms. The van der Waals surface area contributed by atoms with Crippen LogP contribution >= 0.6 is 0 Å². The smallest absolute Gasteiger partial charge is 0.273 e. The van der Waals surface area contributed by atoms with Crippen LogP contribution in [0.5, 0.6) is 0 Å². The van der Waals surface area contributed by atoms with Crippen molar-refractivity contribution in [2.45, 2.75) is 38.6 Å². The molecule has 136 valence electrons. The molecule has 0 aliphatic carbocycles. The molecule has 0 spiro atoms. The molecule has 1 aliphatic heterocycles. The summed E-state index contributed by atoms with van der Waals surface area (Å²) in [6, 6.07) is 4.43. The number of nitrogens with zero attached hydrogens (tertiary/aromatic N) is 2. The van der Waals surface area contributed by atoms with E-state index in [2.05, 4.69) is 5.32 Å². The molecule has 8 heteroatoms. The molecule has 1 atom stereocenters. The van der Waals surface area contributed by atoms with Gasteiger partial charge in [0.25, 0.3) is 11.6 Å². The molecular formula is C17H24N4O4. The minimum atomic E-state index is -0.479. The number of hydrogen-bond donors (Lipinski definition) is 2. The van der Waals surface area contributed by atoms with E-state index >= 15 is 0 Å². The lowest BCUT2D eigenvalue weighted by Gasteiger charge is -2.36. The SMILES string of the molecule is Cc1ccc(C(=O)N2CCCCC2CNC(=O)CCN)cc1[N+](=O)[O-]. The van der Waals surface area contributed by atoms with Crippen LogP contribution < -0.4 is 11.1 Å². The summed E-state index contributed by atoms with van der Waals surface area (Å²) in [5.41, 5.74) is 6.12. The number of aryl methyl sites for hydroxylation is 1. The zero-order valence-electron chi connectivity index (χ0n) is 14.4. The van der Waals surface area contributed by atoms with Crippen molar-refractivity contribution < 1.29 is 14.5 Å². The summed E-state index contributed by atoms with van der Waals surface area (Å²) in [6.45, 7) is 2.88. The lowest BCUT2D eigenvalue weighted by Crippen LogP contribution is -2.49. The normalized spacial score (nSPS) is 17.2. The number of carbonyl (C=O) groups is 2. The Kier molecular flexibility index (Phi) is 6.46. The maximum atomic E-state index is 12.8. The van der Waals surface area contributed by atoms with E-state index in [-0.39, 0.29) is 36.5 Å². The molecule has 1 aliphatic rings. The molecule has 1 unspecified atom stereocenters. The molecule has 0 radical (unpaired) electrons. The number of rotatable bonds is 6. The minimum Gasteiger partial charge on any atom is -0.354 e. The van der Waals surface area contributed by atoms with Crippen LogP contribution in [-0.2, 0) is 4.79 Å². The van der Waals surface area contributed by atoms with Gasteiger partial charge in [0, 0.05) is 49.3 Å². The first-order valence-corrected chi connectivity index (χ1v) is 8.46. The highest BCUT2D eigenvalue weighted by Crippen LogP contribution is 2.23. The van der Waals surface area contributed by atoms with Crippen LogP contribution in [0.2, 0.25) is 0 Å². The number of hydrogen-bond acceptors (Lipinski definition) is 5. The van der Waals surface area contributed by atoms with E-state index < -0.39 is 4.92 Å². The second-order valence-electron chi connectivity index (χ2n) is 6.25. The summed E-state index contributed by atoms with van der Waals surface area (Å²) in [7, 11) is 0. The molecule has 1 aromatic carbocycles. The lowest BCUT2D eigenvalue weighted by atomic mass is 10.00. The maximum absolute atomic E-state index is 12.8. The largest absolute Gasteiger partial charge is 0.354 e. The van der Waals surface area contributed by atoms with Crippen LogP contribution in [0, 0.1) is 17.0 Å². The Bertz CT molecular complexity index is 662. The molecule has 1 fully saturated rings. The first-order valence-electron chi connectivity index (χ1n) is 8.46. The highest BCUT2D eigenvalue weighted by Gasteiger charge is 2.28. The third-order valence-corrected chi connectivity index (χ3v) is 4.45. The van der Waals surface area contributed by atoms with Crippen molar-refractivity contribution in [3.05, 3.63) is 39.4 Å². The number of nitro groups is 1. The number of carbonyl (C=O) groups excluding carboxylic acids is 2. The van der Waals surface area contributed by atoms with E-state index in [0.717, 1.165) is 19.3 Å². The Morgan fingerprint density at radius 2 is 2.16 bits per heavy atom. The van der Waals surface area contributed by atoms with Gasteiger partial charge in [-0.1, -0.05) is 6.07 Å². The average Bonchev–Trinajstić information content (AvgIpc) is 2.60. The van der Waals surface area contributed by atoms with Crippen molar-refractivity contribution in [2.24, 2.45) is 5.73 Å². The van der Waals surface area contributed by atoms with Crippen molar-refractivity contribution in [1.29, 1.82) is 0 Å². The van der Waals surface area contributed by atoms with Crippen molar-refractivity contribution >= 4 is 17.5 Å². The molecule has 1 aromatic rings. The molecule has 0 saturated carbocycles. The first-order chi connectivity index (χ1) is 11.9. The van der Waals surface area contributed by atoms with Crippen molar-refractivity contribution in [3.63, 3.8) is 0 Å². The van der Waals surface area contributed by atoms with Gasteiger partial charge in [0.1, 0.15) is 0 Å². The van der Waals surface area contributed by atoms with Gasteiger partial charge in [0.05, 0.1) is 4.92 Å². The molecule has 2 rings (SSSR count). The topological polar surface area (TPSA) is 119 Å². The zero-order valence-corrected chi connectivity index (χ0v) is 14.4. The molecule has 0 aromatic heterocycles. The van der Waals surface area contributed by atoms with Gasteiger partial charge in [-0.2, -0.15) is 0 Å². The van der Waals surface area contributed by atoms with E-state index in [9.17, 15) is 19.7 Å². The van der Waals surface area contributed by atoms with Crippen LogP contribution in [0.1, 0.15) is 41.6 Å². The molecule has 8 nitrogen and oxygen atoms in total. The van der Waals surface area contributed by atoms with Gasteiger partial charge in [-0.3, -0.25) is 19.7 Å². The average molecular weight is 348 g/mol. The number of nitro benzene ring substituents is 1. The Morgan fingerprint density at radius 3 is 2.84 bits per heavy atom. The number of likely N-dealkylation sites (tertiary alicyclic amines) is 1. The Morgan fingerprint density at radius 1 is 1.40 bits per heavy atom. The highest BCUT2D eigenvalue weighted by atomic mass is 16.6. The van der Waals surface area contributed by atoms with Gasteiger partial charge in [0.15, 0.2) is 0 Å². The summed E-state index contributed by atoms with van der Waals surface area (Å²) in [4.78, 5) is 36.8. The fourth-order valence-corrected chi connectivity index (χ4v) is 3.04. The molecule has 3 N–H and O–H groups in total. The van der Waals surface area contributed by atoms with Crippen molar-refractivity contribution in [3.8, 4) is 0 Å². The lowest BCUT2D eigenvalue weighted by molar-refractivity contribution is -0.385. The van der Waals surface area contributed by atoms with Gasteiger partial charge < -0.3 is 16.0 Å². The number of piperidine rings is 1. The molecule has 2 amide bonds. The second kappa shape index (κ2) is 8.57. The Hall–Kier alpha value is -2.48. The maximum Gasteiger partial charge on any atom is 0.273 e. The molecule has 1 heterocycles. The monoisotopic (exact) mass is 348 g/mol. The predicted octanol–water partition coefficient (Wildman–Crippen LogP) is 1.36. The zero-order chi connectivity index (χ0) is 18.4. The summed E-state index contributed by atoms with van der Waals surface area (Å²) in [5.74, 6) is -0.368. The quantitative estimate of drug-likeness (QED) is 0.594. The second-order valence-corrected chi connectivity index (χ2v) is 6.25. The Balaban J connectivity index is 2.13. The third-order valence-electron chi connectivity index (χ3n) is 4.45. The van der Waals surface area contributed by atoms with E-state index in [1.807, 2.05) is 0 Å². The standard InChI is InChI=1S/C17H24N4O4/c1-12-5-6-13(10-15(12)21(24)25)17(23)20-9-3-2-4-14(20)11-19-16(22)7-8-18/h5-6,10,14H,2-4,7-9,11,18H2,1H3,(H,19,22). The molecule has 0 bridgehead atoms. The van der Waals surface area contributed by atoms with Crippen LogP contribution in [0.25, 0.3) is 0 Å². The molecule has 1 saturated heterocycles. The first kappa shape index (κ1) is 18.9. The van der Waals surface area contributed by atoms with E-state index in [1.54, 1.807) is 24.0 Å². The third kappa shape index (κ3) is 4.76. The predicted molar refractivity (Wildman–Crippen MR) is 93.2 cm³/mol. The van der Waals surface area contributed by atoms with Crippen molar-refractivity contribution in [1.82, 2.24) is 10.2 Å². The minimum absolute atomic E-state index is 0.0596. The summed E-state index contributed by atoms with van der Waals surface area (Å²) >= 11 is 0. The van der Waals surface area contributed by atoms with Gasteiger partial charge in [-0.15, -0.1) is 0 Å². The van der Waals surface area contributed by atoms with Gasteiger partial charge in [-0.05, 0) is 32.3 Å². The molecular weight excluding hydrogens is 324 g/mol. The summed E-state index contributed by atoms with van der Waals surface area (Å²) < 4.78 is 0. The van der Waals surface area contributed by atoms with Crippen LogP contribution in [0.15, 0.2) is 18.2 Å². The van der Waals surface area contributed by atoms with Crippen LogP contribution in [-0.4, -0.2) is 47.3 Å². The van der Waals surface area contributed by atoms with E-state index in [1.165, 1.54) is 6.07 Å². The number of nitrogens with one attached hydrogen (secondary N) is 1. The fraction of sp³-hybridized carbons (Fsp3) is 0.529. The van der Waals surface area contributed by atoms with Gasteiger partial charge in [-0.25, -0.2) is 0 Å².